The van der Waals surface area contributed by atoms with Crippen molar-refractivity contribution in [2.45, 2.75) is 24.9 Å². The zero-order valence-corrected chi connectivity index (χ0v) is 15.0. The van der Waals surface area contributed by atoms with Crippen LogP contribution in [0.4, 0.5) is 5.69 Å². The molecule has 1 N–H and O–H groups in total. The monoisotopic (exact) mass is 349 g/mol. The van der Waals surface area contributed by atoms with Crippen molar-refractivity contribution in [1.29, 1.82) is 0 Å². The Balaban J connectivity index is 1.98. The van der Waals surface area contributed by atoms with Gasteiger partial charge in [0.15, 0.2) is 0 Å². The summed E-state index contributed by atoms with van der Waals surface area (Å²) in [5, 5.41) is 3.26. The largest absolute Gasteiger partial charge is 0.495 e. The summed E-state index contributed by atoms with van der Waals surface area (Å²) in [6.45, 7) is 3.98. The Hall–Kier alpha value is -1.65. The average molecular weight is 350 g/mol. The number of carbonyl (C=O) groups excluding carboxylic acids is 1. The average Bonchev–Trinajstić information content (AvgIpc) is 2.54. The molecule has 0 radical (unpaired) electrons. The number of ether oxygens (including phenoxy) is 1. The van der Waals surface area contributed by atoms with Gasteiger partial charge in [0.2, 0.25) is 5.91 Å². The van der Waals surface area contributed by atoms with Crippen LogP contribution in [-0.4, -0.2) is 18.3 Å². The van der Waals surface area contributed by atoms with Crippen LogP contribution >= 0.6 is 23.4 Å². The third-order valence-electron chi connectivity index (χ3n) is 3.54. The van der Waals surface area contributed by atoms with Gasteiger partial charge in [0.05, 0.1) is 18.0 Å². The molecule has 0 aliphatic carbocycles. The standard InChI is InChI=1S/C18H20ClNO2S/c1-12-6-4-5-7-14(12)11-23-13(2)18(21)20-16-10-15(19)8-9-17(16)22-3/h4-10,13H,11H2,1-3H3,(H,20,21). The van der Waals surface area contributed by atoms with Crippen molar-refractivity contribution in [1.82, 2.24) is 0 Å². The van der Waals surface area contributed by atoms with Crippen LogP contribution in [-0.2, 0) is 10.5 Å². The van der Waals surface area contributed by atoms with Gasteiger partial charge in [0, 0.05) is 10.8 Å². The Morgan fingerprint density at radius 2 is 2.04 bits per heavy atom. The minimum atomic E-state index is -0.182. The normalized spacial score (nSPS) is 11.8. The van der Waals surface area contributed by atoms with Crippen molar-refractivity contribution in [3.05, 3.63) is 58.6 Å². The molecule has 0 heterocycles. The van der Waals surface area contributed by atoms with Crippen LogP contribution in [0.25, 0.3) is 0 Å². The highest BCUT2D eigenvalue weighted by Crippen LogP contribution is 2.29. The van der Waals surface area contributed by atoms with E-state index in [1.165, 1.54) is 11.1 Å². The first kappa shape index (κ1) is 17.7. The molecule has 0 spiro atoms. The predicted octanol–water partition coefficient (Wildman–Crippen LogP) is 4.92. The summed E-state index contributed by atoms with van der Waals surface area (Å²) in [5.41, 5.74) is 3.08. The smallest absolute Gasteiger partial charge is 0.237 e. The van der Waals surface area contributed by atoms with E-state index in [1.54, 1.807) is 37.1 Å². The van der Waals surface area contributed by atoms with E-state index in [2.05, 4.69) is 24.4 Å². The molecule has 1 atom stereocenters. The number of methoxy groups -OCH3 is 1. The van der Waals surface area contributed by atoms with Gasteiger partial charge in [-0.25, -0.2) is 0 Å². The van der Waals surface area contributed by atoms with Gasteiger partial charge in [-0.15, -0.1) is 11.8 Å². The second-order valence-corrected chi connectivity index (χ2v) is 6.98. The molecule has 122 valence electrons. The lowest BCUT2D eigenvalue weighted by atomic mass is 10.1. The molecule has 0 aliphatic rings. The Kier molecular flexibility index (Phi) is 6.37. The first-order valence-corrected chi connectivity index (χ1v) is 8.74. The van der Waals surface area contributed by atoms with Crippen LogP contribution in [0.15, 0.2) is 42.5 Å². The fraction of sp³-hybridized carbons (Fsp3) is 0.278. The van der Waals surface area contributed by atoms with Crippen molar-refractivity contribution >= 4 is 35.0 Å². The molecule has 2 aromatic carbocycles. The molecule has 23 heavy (non-hydrogen) atoms. The molecule has 0 saturated carbocycles. The molecule has 0 aromatic heterocycles. The summed E-state index contributed by atoms with van der Waals surface area (Å²) < 4.78 is 5.25. The van der Waals surface area contributed by atoms with E-state index in [9.17, 15) is 4.79 Å². The van der Waals surface area contributed by atoms with E-state index in [1.807, 2.05) is 19.1 Å². The summed E-state index contributed by atoms with van der Waals surface area (Å²) in [6.07, 6.45) is 0. The molecule has 0 bridgehead atoms. The highest BCUT2D eigenvalue weighted by Gasteiger charge is 2.16. The zero-order chi connectivity index (χ0) is 16.8. The molecular weight excluding hydrogens is 330 g/mol. The summed E-state index contributed by atoms with van der Waals surface area (Å²) in [4.78, 5) is 12.4. The van der Waals surface area contributed by atoms with Gasteiger partial charge in [-0.2, -0.15) is 0 Å². The first-order chi connectivity index (χ1) is 11.0. The number of aryl methyl sites for hydroxylation is 1. The number of hydrogen-bond acceptors (Lipinski definition) is 3. The van der Waals surface area contributed by atoms with E-state index in [4.69, 9.17) is 16.3 Å². The van der Waals surface area contributed by atoms with Crippen LogP contribution in [0.1, 0.15) is 18.1 Å². The van der Waals surface area contributed by atoms with Gasteiger partial charge in [0.25, 0.3) is 0 Å². The van der Waals surface area contributed by atoms with Crippen LogP contribution < -0.4 is 10.1 Å². The number of nitrogens with one attached hydrogen (secondary N) is 1. The topological polar surface area (TPSA) is 38.3 Å². The maximum Gasteiger partial charge on any atom is 0.237 e. The van der Waals surface area contributed by atoms with Crippen LogP contribution in [0, 0.1) is 6.92 Å². The van der Waals surface area contributed by atoms with E-state index >= 15 is 0 Å². The predicted molar refractivity (Wildman–Crippen MR) is 98.6 cm³/mol. The Labute approximate surface area is 146 Å². The van der Waals surface area contributed by atoms with Crippen LogP contribution in [0.5, 0.6) is 5.75 Å². The van der Waals surface area contributed by atoms with Gasteiger partial charge in [-0.05, 0) is 43.2 Å². The van der Waals surface area contributed by atoms with E-state index in [0.29, 0.717) is 16.5 Å². The van der Waals surface area contributed by atoms with Crippen LogP contribution in [0.3, 0.4) is 0 Å². The molecule has 2 rings (SSSR count). The second kappa shape index (κ2) is 8.27. The zero-order valence-electron chi connectivity index (χ0n) is 13.4. The van der Waals surface area contributed by atoms with E-state index in [0.717, 1.165) is 5.75 Å². The van der Waals surface area contributed by atoms with E-state index < -0.39 is 0 Å². The number of anilines is 1. The number of halogens is 1. The number of amides is 1. The number of carbonyl (C=O) groups is 1. The lowest BCUT2D eigenvalue weighted by Gasteiger charge is -2.15. The lowest BCUT2D eigenvalue weighted by molar-refractivity contribution is -0.115. The minimum Gasteiger partial charge on any atom is -0.495 e. The summed E-state index contributed by atoms with van der Waals surface area (Å²) >= 11 is 7.59. The third-order valence-corrected chi connectivity index (χ3v) is 4.97. The van der Waals surface area contributed by atoms with Crippen LogP contribution in [0.2, 0.25) is 5.02 Å². The van der Waals surface area contributed by atoms with Gasteiger partial charge in [-0.1, -0.05) is 35.9 Å². The quantitative estimate of drug-likeness (QED) is 0.804. The number of hydrogen-bond donors (Lipinski definition) is 1. The maximum atomic E-state index is 12.4. The number of thioether (sulfide) groups is 1. The molecule has 0 aliphatic heterocycles. The van der Waals surface area contributed by atoms with Crippen molar-refractivity contribution in [2.75, 3.05) is 12.4 Å². The molecule has 5 heteroatoms. The Morgan fingerprint density at radius 1 is 1.30 bits per heavy atom. The first-order valence-electron chi connectivity index (χ1n) is 7.31. The lowest BCUT2D eigenvalue weighted by Crippen LogP contribution is -2.23. The van der Waals surface area contributed by atoms with E-state index in [-0.39, 0.29) is 11.2 Å². The second-order valence-electron chi connectivity index (χ2n) is 5.21. The third kappa shape index (κ3) is 4.91. The summed E-state index contributed by atoms with van der Waals surface area (Å²) in [7, 11) is 1.56. The SMILES string of the molecule is COc1ccc(Cl)cc1NC(=O)C(C)SCc1ccccc1C. The van der Waals surface area contributed by atoms with Crippen molar-refractivity contribution in [3.63, 3.8) is 0 Å². The highest BCUT2D eigenvalue weighted by molar-refractivity contribution is 7.99. The fourth-order valence-electron chi connectivity index (χ4n) is 2.07. The molecule has 2 aromatic rings. The van der Waals surface area contributed by atoms with Gasteiger partial charge >= 0.3 is 0 Å². The fourth-order valence-corrected chi connectivity index (χ4v) is 3.21. The van der Waals surface area contributed by atoms with Crippen molar-refractivity contribution in [2.24, 2.45) is 0 Å². The number of rotatable bonds is 6. The van der Waals surface area contributed by atoms with Gasteiger partial charge < -0.3 is 10.1 Å². The summed E-state index contributed by atoms with van der Waals surface area (Å²) in [5.74, 6) is 1.33. The summed E-state index contributed by atoms with van der Waals surface area (Å²) in [6, 6.07) is 13.4. The highest BCUT2D eigenvalue weighted by atomic mass is 35.5. The molecular formula is C18H20ClNO2S. The maximum absolute atomic E-state index is 12.4. The number of benzene rings is 2. The van der Waals surface area contributed by atoms with Crippen molar-refractivity contribution < 1.29 is 9.53 Å². The molecule has 0 fully saturated rings. The molecule has 0 saturated heterocycles. The van der Waals surface area contributed by atoms with Gasteiger partial charge in [0.1, 0.15) is 5.75 Å². The molecule has 1 amide bonds. The molecule has 3 nitrogen and oxygen atoms in total. The Bertz CT molecular complexity index is 690. The van der Waals surface area contributed by atoms with Crippen molar-refractivity contribution in [3.8, 4) is 5.75 Å². The van der Waals surface area contributed by atoms with Gasteiger partial charge in [-0.3, -0.25) is 4.79 Å². The minimum absolute atomic E-state index is 0.0656. The Morgan fingerprint density at radius 3 is 2.74 bits per heavy atom. The molecule has 1 unspecified atom stereocenters.